The van der Waals surface area contributed by atoms with E-state index in [0.29, 0.717) is 45.1 Å². The highest BCUT2D eigenvalue weighted by Gasteiger charge is 2.35. The molecule has 1 aromatic rings. The number of hydrogen-bond acceptors (Lipinski definition) is 4. The van der Waals surface area contributed by atoms with Crippen LogP contribution < -0.4 is 4.90 Å². The van der Waals surface area contributed by atoms with Gasteiger partial charge in [0.1, 0.15) is 5.82 Å². The van der Waals surface area contributed by atoms with Crippen molar-refractivity contribution in [1.82, 2.24) is 14.8 Å². The number of anilines is 1. The number of pyridine rings is 1. The Hall–Kier alpha value is -2.03. The van der Waals surface area contributed by atoms with Gasteiger partial charge in [0.15, 0.2) is 0 Å². The Morgan fingerprint density at radius 3 is 2.37 bits per heavy atom. The summed E-state index contributed by atoms with van der Waals surface area (Å²) in [6.07, 6.45) is -2.15. The first-order chi connectivity index (χ1) is 14.1. The maximum atomic E-state index is 13.0. The molecule has 0 saturated carbocycles. The van der Waals surface area contributed by atoms with Crippen molar-refractivity contribution in [3.05, 3.63) is 22.8 Å². The van der Waals surface area contributed by atoms with Gasteiger partial charge in [-0.25, -0.2) is 4.98 Å². The fraction of sp³-hybridized carbons (Fsp3) is 0.650. The fourth-order valence-electron chi connectivity index (χ4n) is 3.96. The molecule has 30 heavy (non-hydrogen) atoms. The molecule has 3 rings (SSSR count). The lowest BCUT2D eigenvalue weighted by Crippen LogP contribution is -2.53. The van der Waals surface area contributed by atoms with Gasteiger partial charge in [0.25, 0.3) is 0 Å². The molecule has 2 amide bonds. The third-order valence-electron chi connectivity index (χ3n) is 5.62. The summed E-state index contributed by atoms with van der Waals surface area (Å²) in [7, 11) is 0. The standard InChI is InChI=1S/C20H26ClF3N4O2/c1-13(2)18(29)28-5-3-4-14(12-28)19(30)27-8-6-26(7-9-27)17-16(21)10-15(11-25-17)20(22,23)24/h10-11,13-14H,3-9,12H2,1-2H3. The SMILES string of the molecule is CC(C)C(=O)N1CCCC(C(=O)N2CCN(c3ncc(C(F)(F)F)cc3Cl)CC2)C1. The van der Waals surface area contributed by atoms with Gasteiger partial charge >= 0.3 is 6.18 Å². The van der Waals surface area contributed by atoms with Gasteiger partial charge in [0.2, 0.25) is 11.8 Å². The lowest BCUT2D eigenvalue weighted by molar-refractivity contribution is -0.142. The van der Waals surface area contributed by atoms with Crippen LogP contribution in [0, 0.1) is 11.8 Å². The molecule has 0 aromatic carbocycles. The average Bonchev–Trinajstić information content (AvgIpc) is 2.72. The first-order valence-electron chi connectivity index (χ1n) is 10.1. The molecule has 0 aliphatic carbocycles. The predicted octanol–water partition coefficient (Wildman–Crippen LogP) is 3.30. The van der Waals surface area contributed by atoms with E-state index in [9.17, 15) is 22.8 Å². The molecular formula is C20H26ClF3N4O2. The normalized spacial score (nSPS) is 20.6. The molecule has 0 bridgehead atoms. The molecule has 1 unspecified atom stereocenters. The van der Waals surface area contributed by atoms with Gasteiger partial charge in [-0.3, -0.25) is 9.59 Å². The third-order valence-corrected chi connectivity index (χ3v) is 5.89. The molecule has 1 atom stereocenters. The summed E-state index contributed by atoms with van der Waals surface area (Å²) in [4.78, 5) is 34.5. The second-order valence-electron chi connectivity index (χ2n) is 8.12. The van der Waals surface area contributed by atoms with Gasteiger partial charge in [-0.15, -0.1) is 0 Å². The summed E-state index contributed by atoms with van der Waals surface area (Å²) in [5.41, 5.74) is -0.886. The summed E-state index contributed by atoms with van der Waals surface area (Å²) >= 11 is 6.04. The van der Waals surface area contributed by atoms with Gasteiger partial charge in [0.05, 0.1) is 16.5 Å². The average molecular weight is 447 g/mol. The van der Waals surface area contributed by atoms with Crippen molar-refractivity contribution in [1.29, 1.82) is 0 Å². The van der Waals surface area contributed by atoms with Crippen LogP contribution in [0.4, 0.5) is 19.0 Å². The number of piperidine rings is 1. The second kappa shape index (κ2) is 8.99. The topological polar surface area (TPSA) is 56.8 Å². The highest BCUT2D eigenvalue weighted by molar-refractivity contribution is 6.33. The van der Waals surface area contributed by atoms with E-state index in [2.05, 4.69) is 4.98 Å². The van der Waals surface area contributed by atoms with E-state index in [0.717, 1.165) is 25.1 Å². The zero-order chi connectivity index (χ0) is 22.1. The highest BCUT2D eigenvalue weighted by atomic mass is 35.5. The minimum absolute atomic E-state index is 0.0300. The minimum atomic E-state index is -4.49. The quantitative estimate of drug-likeness (QED) is 0.715. The van der Waals surface area contributed by atoms with E-state index in [1.165, 1.54) is 0 Å². The number of rotatable bonds is 3. The zero-order valence-electron chi connectivity index (χ0n) is 17.1. The molecule has 3 heterocycles. The zero-order valence-corrected chi connectivity index (χ0v) is 17.8. The summed E-state index contributed by atoms with van der Waals surface area (Å²) in [5.74, 6) is 0.0926. The summed E-state index contributed by atoms with van der Waals surface area (Å²) in [6, 6.07) is 0.879. The molecule has 166 valence electrons. The first-order valence-corrected chi connectivity index (χ1v) is 10.5. The molecule has 2 aliphatic rings. The van der Waals surface area contributed by atoms with Crippen LogP contribution in [0.15, 0.2) is 12.3 Å². The molecule has 0 N–H and O–H groups in total. The molecule has 10 heteroatoms. The van der Waals surface area contributed by atoms with Crippen molar-refractivity contribution >= 4 is 29.2 Å². The summed E-state index contributed by atoms with van der Waals surface area (Å²) in [6.45, 7) is 6.59. The number of halogens is 4. The Labute approximate surface area is 179 Å². The van der Waals surface area contributed by atoms with E-state index >= 15 is 0 Å². The third kappa shape index (κ3) is 4.99. The Kier molecular flexibility index (Phi) is 6.79. The van der Waals surface area contributed by atoms with Gasteiger partial charge in [-0.1, -0.05) is 25.4 Å². The Balaban J connectivity index is 1.59. The van der Waals surface area contributed by atoms with Gasteiger partial charge in [-0.05, 0) is 18.9 Å². The van der Waals surface area contributed by atoms with Crippen molar-refractivity contribution in [3.63, 3.8) is 0 Å². The number of carbonyl (C=O) groups excluding carboxylic acids is 2. The van der Waals surface area contributed by atoms with Crippen LogP contribution in [0.2, 0.25) is 5.02 Å². The molecule has 2 aliphatic heterocycles. The fourth-order valence-corrected chi connectivity index (χ4v) is 4.25. The number of alkyl halides is 3. The monoisotopic (exact) mass is 446 g/mol. The molecule has 6 nitrogen and oxygen atoms in total. The molecule has 2 fully saturated rings. The van der Waals surface area contributed by atoms with Crippen LogP contribution in [0.1, 0.15) is 32.3 Å². The lowest BCUT2D eigenvalue weighted by Gasteiger charge is -2.39. The van der Waals surface area contributed by atoms with Crippen molar-refractivity contribution < 1.29 is 22.8 Å². The van der Waals surface area contributed by atoms with Crippen LogP contribution in [0.3, 0.4) is 0 Å². The van der Waals surface area contributed by atoms with Gasteiger partial charge < -0.3 is 14.7 Å². The molecular weight excluding hydrogens is 421 g/mol. The summed E-state index contributed by atoms with van der Waals surface area (Å²) < 4.78 is 38.4. The highest BCUT2D eigenvalue weighted by Crippen LogP contribution is 2.34. The van der Waals surface area contributed by atoms with Crippen LogP contribution >= 0.6 is 11.6 Å². The molecule has 0 spiro atoms. The van der Waals surface area contributed by atoms with Crippen LogP contribution in [-0.2, 0) is 15.8 Å². The number of nitrogens with zero attached hydrogens (tertiary/aromatic N) is 4. The van der Waals surface area contributed by atoms with E-state index in [4.69, 9.17) is 11.6 Å². The number of likely N-dealkylation sites (tertiary alicyclic amines) is 1. The molecule has 1 aromatic heterocycles. The number of aromatic nitrogens is 1. The summed E-state index contributed by atoms with van der Waals surface area (Å²) in [5, 5.41) is -0.0558. The maximum Gasteiger partial charge on any atom is 0.417 e. The predicted molar refractivity (Wildman–Crippen MR) is 107 cm³/mol. The Morgan fingerprint density at radius 2 is 1.80 bits per heavy atom. The van der Waals surface area contributed by atoms with E-state index < -0.39 is 11.7 Å². The lowest BCUT2D eigenvalue weighted by atomic mass is 9.95. The largest absolute Gasteiger partial charge is 0.417 e. The number of hydrogen-bond donors (Lipinski definition) is 0. The van der Waals surface area contributed by atoms with Crippen LogP contribution in [0.25, 0.3) is 0 Å². The number of piperazine rings is 1. The smallest absolute Gasteiger partial charge is 0.352 e. The van der Waals surface area contributed by atoms with Crippen molar-refractivity contribution in [2.75, 3.05) is 44.2 Å². The van der Waals surface area contributed by atoms with Crippen molar-refractivity contribution in [2.45, 2.75) is 32.9 Å². The first kappa shape index (κ1) is 22.7. The molecule has 0 radical (unpaired) electrons. The van der Waals surface area contributed by atoms with E-state index in [-0.39, 0.29) is 28.7 Å². The minimum Gasteiger partial charge on any atom is -0.352 e. The van der Waals surface area contributed by atoms with Crippen LogP contribution in [-0.4, -0.2) is 65.9 Å². The van der Waals surface area contributed by atoms with E-state index in [1.54, 1.807) is 14.7 Å². The number of carbonyl (C=O) groups is 2. The Bertz CT molecular complexity index is 795. The maximum absolute atomic E-state index is 13.0. The van der Waals surface area contributed by atoms with Crippen LogP contribution in [0.5, 0.6) is 0 Å². The van der Waals surface area contributed by atoms with Crippen molar-refractivity contribution in [2.24, 2.45) is 11.8 Å². The number of amides is 2. The van der Waals surface area contributed by atoms with Gasteiger partial charge in [0, 0.05) is 51.4 Å². The Morgan fingerprint density at radius 1 is 1.13 bits per heavy atom. The second-order valence-corrected chi connectivity index (χ2v) is 8.52. The van der Waals surface area contributed by atoms with E-state index in [1.807, 2.05) is 13.8 Å². The van der Waals surface area contributed by atoms with Gasteiger partial charge in [-0.2, -0.15) is 13.2 Å². The molecule has 2 saturated heterocycles. The van der Waals surface area contributed by atoms with Crippen molar-refractivity contribution in [3.8, 4) is 0 Å².